The first-order valence-corrected chi connectivity index (χ1v) is 10.8. The van der Waals surface area contributed by atoms with Crippen molar-refractivity contribution < 1.29 is 19.1 Å². The van der Waals surface area contributed by atoms with Crippen molar-refractivity contribution in [3.8, 4) is 0 Å². The summed E-state index contributed by atoms with van der Waals surface area (Å²) < 4.78 is 4.93. The molecule has 2 aliphatic heterocycles. The van der Waals surface area contributed by atoms with E-state index in [4.69, 9.17) is 4.74 Å². The van der Waals surface area contributed by atoms with Crippen LogP contribution in [0.25, 0.3) is 0 Å². The van der Waals surface area contributed by atoms with Gasteiger partial charge in [-0.25, -0.2) is 0 Å². The molecule has 0 spiro atoms. The topological polar surface area (TPSA) is 91.8 Å². The van der Waals surface area contributed by atoms with Gasteiger partial charge in [0.05, 0.1) is 24.8 Å². The number of nitrogens with zero attached hydrogens (tertiary/aromatic N) is 3. The highest BCUT2D eigenvalue weighted by atomic mass is 16.5. The van der Waals surface area contributed by atoms with Crippen LogP contribution in [-0.2, 0) is 25.7 Å². The number of likely N-dealkylation sites (tertiary alicyclic amines) is 2. The molecule has 2 aliphatic rings. The highest BCUT2D eigenvalue weighted by molar-refractivity contribution is 5.89. The molecule has 0 aliphatic carbocycles. The molecule has 1 atom stereocenters. The molecule has 164 valence electrons. The molecule has 0 bridgehead atoms. The zero-order chi connectivity index (χ0) is 21.3. The number of carbonyl (C=O) groups excluding carboxylic acids is 3. The SMILES string of the molecule is COCCNC(=O)CCC1CCN(C(=O)C2CC(=O)N(Cc3ccccn3)C2)CC1. The molecule has 3 rings (SSSR count). The number of hydrogen-bond acceptors (Lipinski definition) is 5. The molecule has 30 heavy (non-hydrogen) atoms. The van der Waals surface area contributed by atoms with E-state index in [1.807, 2.05) is 23.1 Å². The standard InChI is InChI=1S/C22H32N4O4/c1-30-13-10-24-20(27)6-5-17-7-11-25(12-8-17)22(29)18-14-21(28)26(15-18)16-19-4-2-3-9-23-19/h2-4,9,17-18H,5-8,10-16H2,1H3,(H,24,27). The minimum absolute atomic E-state index is 0.0216. The summed E-state index contributed by atoms with van der Waals surface area (Å²) >= 11 is 0. The minimum atomic E-state index is -0.260. The molecule has 1 aromatic heterocycles. The monoisotopic (exact) mass is 416 g/mol. The van der Waals surface area contributed by atoms with Crippen molar-refractivity contribution in [2.24, 2.45) is 11.8 Å². The van der Waals surface area contributed by atoms with Crippen molar-refractivity contribution in [1.29, 1.82) is 0 Å². The molecule has 3 amide bonds. The molecule has 2 fully saturated rings. The predicted molar refractivity (Wildman–Crippen MR) is 111 cm³/mol. The molecule has 1 N–H and O–H groups in total. The quantitative estimate of drug-likeness (QED) is 0.611. The van der Waals surface area contributed by atoms with Gasteiger partial charge >= 0.3 is 0 Å². The van der Waals surface area contributed by atoms with E-state index in [1.165, 1.54) is 0 Å². The Morgan fingerprint density at radius 2 is 2.07 bits per heavy atom. The highest BCUT2D eigenvalue weighted by Gasteiger charge is 2.37. The first-order valence-electron chi connectivity index (χ1n) is 10.8. The molecule has 8 heteroatoms. The number of rotatable bonds is 9. The van der Waals surface area contributed by atoms with Gasteiger partial charge in [-0.15, -0.1) is 0 Å². The van der Waals surface area contributed by atoms with Crippen molar-refractivity contribution in [2.45, 2.75) is 38.6 Å². The van der Waals surface area contributed by atoms with Crippen LogP contribution in [0, 0.1) is 11.8 Å². The smallest absolute Gasteiger partial charge is 0.227 e. The lowest BCUT2D eigenvalue weighted by atomic mass is 9.91. The Morgan fingerprint density at radius 3 is 2.77 bits per heavy atom. The van der Waals surface area contributed by atoms with Gasteiger partial charge in [-0.3, -0.25) is 19.4 Å². The molecule has 8 nitrogen and oxygen atoms in total. The van der Waals surface area contributed by atoms with Crippen LogP contribution in [0.5, 0.6) is 0 Å². The zero-order valence-corrected chi connectivity index (χ0v) is 17.7. The Hall–Kier alpha value is -2.48. The van der Waals surface area contributed by atoms with Gasteiger partial charge in [-0.05, 0) is 37.3 Å². The molecule has 0 saturated carbocycles. The van der Waals surface area contributed by atoms with Gasteiger partial charge in [0.15, 0.2) is 0 Å². The summed E-state index contributed by atoms with van der Waals surface area (Å²) in [6.45, 7) is 3.40. The van der Waals surface area contributed by atoms with Crippen LogP contribution >= 0.6 is 0 Å². The number of hydrogen-bond donors (Lipinski definition) is 1. The maximum Gasteiger partial charge on any atom is 0.227 e. The number of aromatic nitrogens is 1. The van der Waals surface area contributed by atoms with E-state index in [-0.39, 0.29) is 30.1 Å². The molecular formula is C22H32N4O4. The van der Waals surface area contributed by atoms with Gasteiger partial charge < -0.3 is 19.9 Å². The summed E-state index contributed by atoms with van der Waals surface area (Å²) in [6, 6.07) is 5.64. The lowest BCUT2D eigenvalue weighted by Crippen LogP contribution is -2.42. The third-order valence-electron chi connectivity index (χ3n) is 5.98. The van der Waals surface area contributed by atoms with Crippen LogP contribution in [0.4, 0.5) is 0 Å². The summed E-state index contributed by atoms with van der Waals surface area (Å²) in [5, 5.41) is 2.84. The van der Waals surface area contributed by atoms with E-state index in [2.05, 4.69) is 10.3 Å². The number of piperidine rings is 1. The molecule has 0 radical (unpaired) electrons. The number of nitrogens with one attached hydrogen (secondary N) is 1. The van der Waals surface area contributed by atoms with Gasteiger partial charge in [0.1, 0.15) is 0 Å². The maximum absolute atomic E-state index is 12.9. The molecule has 1 unspecified atom stereocenters. The summed E-state index contributed by atoms with van der Waals surface area (Å²) in [5.41, 5.74) is 0.839. The molecular weight excluding hydrogens is 384 g/mol. The predicted octanol–water partition coefficient (Wildman–Crippen LogP) is 1.21. The highest BCUT2D eigenvalue weighted by Crippen LogP contribution is 2.26. The second-order valence-corrected chi connectivity index (χ2v) is 8.15. The van der Waals surface area contributed by atoms with Crippen LogP contribution in [0.2, 0.25) is 0 Å². The van der Waals surface area contributed by atoms with E-state index >= 15 is 0 Å². The van der Waals surface area contributed by atoms with E-state index in [0.29, 0.717) is 51.7 Å². The number of carbonyl (C=O) groups is 3. The summed E-state index contributed by atoms with van der Waals surface area (Å²) in [6.07, 6.45) is 5.19. The molecule has 2 saturated heterocycles. The number of pyridine rings is 1. The normalized spacial score (nSPS) is 19.9. The lowest BCUT2D eigenvalue weighted by Gasteiger charge is -2.33. The summed E-state index contributed by atoms with van der Waals surface area (Å²) in [4.78, 5) is 45.0. The van der Waals surface area contributed by atoms with Crippen molar-refractivity contribution in [2.75, 3.05) is 39.9 Å². The molecule has 1 aromatic rings. The maximum atomic E-state index is 12.9. The first kappa shape index (κ1) is 22.2. The van der Waals surface area contributed by atoms with Crippen LogP contribution in [0.3, 0.4) is 0 Å². The second-order valence-electron chi connectivity index (χ2n) is 8.15. The van der Waals surface area contributed by atoms with Crippen LogP contribution in [0.15, 0.2) is 24.4 Å². The van der Waals surface area contributed by atoms with Gasteiger partial charge in [0.25, 0.3) is 0 Å². The van der Waals surface area contributed by atoms with Gasteiger partial charge in [0, 0.05) is 52.3 Å². The molecule has 0 aromatic carbocycles. The average molecular weight is 417 g/mol. The Morgan fingerprint density at radius 1 is 1.27 bits per heavy atom. The zero-order valence-electron chi connectivity index (χ0n) is 17.7. The van der Waals surface area contributed by atoms with Gasteiger partial charge in [-0.2, -0.15) is 0 Å². The molecule has 3 heterocycles. The van der Waals surface area contributed by atoms with Crippen LogP contribution in [-0.4, -0.2) is 72.4 Å². The van der Waals surface area contributed by atoms with Crippen molar-refractivity contribution in [3.05, 3.63) is 30.1 Å². The Balaban J connectivity index is 1.39. The number of methoxy groups -OCH3 is 1. The van der Waals surface area contributed by atoms with E-state index in [1.54, 1.807) is 18.2 Å². The Kier molecular flexibility index (Phi) is 8.19. The Bertz CT molecular complexity index is 719. The summed E-state index contributed by atoms with van der Waals surface area (Å²) in [7, 11) is 1.61. The lowest BCUT2D eigenvalue weighted by molar-refractivity contribution is -0.137. The van der Waals surface area contributed by atoms with E-state index in [9.17, 15) is 14.4 Å². The fourth-order valence-electron chi connectivity index (χ4n) is 4.19. The van der Waals surface area contributed by atoms with Crippen LogP contribution < -0.4 is 5.32 Å². The second kappa shape index (κ2) is 11.1. The number of ether oxygens (including phenoxy) is 1. The Labute approximate surface area is 178 Å². The fourth-order valence-corrected chi connectivity index (χ4v) is 4.19. The summed E-state index contributed by atoms with van der Waals surface area (Å²) in [5.74, 6) is 0.372. The number of amides is 3. The van der Waals surface area contributed by atoms with Gasteiger partial charge in [-0.1, -0.05) is 6.07 Å². The van der Waals surface area contributed by atoms with Crippen molar-refractivity contribution in [1.82, 2.24) is 20.1 Å². The van der Waals surface area contributed by atoms with Crippen LogP contribution in [0.1, 0.15) is 37.8 Å². The first-order chi connectivity index (χ1) is 14.6. The third-order valence-corrected chi connectivity index (χ3v) is 5.98. The third kappa shape index (κ3) is 6.26. The van der Waals surface area contributed by atoms with Crippen molar-refractivity contribution in [3.63, 3.8) is 0 Å². The van der Waals surface area contributed by atoms with Gasteiger partial charge in [0.2, 0.25) is 17.7 Å². The fraction of sp³-hybridized carbons (Fsp3) is 0.636. The van der Waals surface area contributed by atoms with E-state index in [0.717, 1.165) is 25.0 Å². The minimum Gasteiger partial charge on any atom is -0.383 e. The average Bonchev–Trinajstić information content (AvgIpc) is 3.13. The largest absolute Gasteiger partial charge is 0.383 e. The van der Waals surface area contributed by atoms with Crippen molar-refractivity contribution >= 4 is 17.7 Å². The van der Waals surface area contributed by atoms with E-state index < -0.39 is 0 Å².